The van der Waals surface area contributed by atoms with E-state index in [1.54, 1.807) is 6.20 Å². The number of H-pyrrole nitrogens is 1. The number of aromatic nitrogens is 2. The monoisotopic (exact) mass is 436 g/mol. The standard InChI is InChI=1S/C28H40N2O2/c1-7-8-9-10-12-26(2,3)20-17-22(31)24-21-16-19(25-29-14-15-30-25)11-13-28(21,6)27(4,5)32-23(24)18-20/h11,14-15,17-18,21,31H,7-10,12-13,16H2,1-6H3,(H,29,30)/t21-,28+/m0/s1. The van der Waals surface area contributed by atoms with Crippen molar-refractivity contribution >= 4 is 5.57 Å². The number of ether oxygens (including phenoxy) is 1. The molecule has 0 amide bonds. The van der Waals surface area contributed by atoms with E-state index >= 15 is 0 Å². The van der Waals surface area contributed by atoms with E-state index < -0.39 is 0 Å². The predicted molar refractivity (Wildman–Crippen MR) is 131 cm³/mol. The van der Waals surface area contributed by atoms with Gasteiger partial charge in [-0.1, -0.05) is 59.5 Å². The first-order valence-corrected chi connectivity index (χ1v) is 12.3. The number of allylic oxidation sites excluding steroid dienone is 2. The first-order chi connectivity index (χ1) is 15.1. The smallest absolute Gasteiger partial charge is 0.132 e. The maximum absolute atomic E-state index is 11.3. The van der Waals surface area contributed by atoms with Crippen molar-refractivity contribution in [2.45, 2.75) is 103 Å². The molecule has 32 heavy (non-hydrogen) atoms. The van der Waals surface area contributed by atoms with Crippen LogP contribution in [0.5, 0.6) is 11.5 Å². The number of aromatic amines is 1. The molecule has 174 valence electrons. The molecule has 1 aromatic carbocycles. The number of phenols is 1. The molecule has 4 nitrogen and oxygen atoms in total. The van der Waals surface area contributed by atoms with Crippen LogP contribution in [-0.4, -0.2) is 20.7 Å². The molecule has 0 unspecified atom stereocenters. The first kappa shape index (κ1) is 22.9. The van der Waals surface area contributed by atoms with Crippen LogP contribution >= 0.6 is 0 Å². The van der Waals surface area contributed by atoms with Crippen molar-refractivity contribution in [2.75, 3.05) is 0 Å². The van der Waals surface area contributed by atoms with Crippen LogP contribution < -0.4 is 4.74 Å². The zero-order valence-electron chi connectivity index (χ0n) is 20.7. The second-order valence-electron chi connectivity index (χ2n) is 11.3. The Bertz CT molecular complexity index is 987. The van der Waals surface area contributed by atoms with Gasteiger partial charge in [-0.2, -0.15) is 0 Å². The molecule has 1 aromatic heterocycles. The normalized spacial score (nSPS) is 24.3. The summed E-state index contributed by atoms with van der Waals surface area (Å²) in [6.45, 7) is 13.5. The molecule has 4 heteroatoms. The number of aromatic hydroxyl groups is 1. The molecule has 0 saturated carbocycles. The van der Waals surface area contributed by atoms with Gasteiger partial charge in [-0.25, -0.2) is 4.98 Å². The largest absolute Gasteiger partial charge is 0.508 e. The number of unbranched alkanes of at least 4 members (excludes halogenated alkanes) is 3. The molecule has 0 saturated heterocycles. The topological polar surface area (TPSA) is 58.1 Å². The second kappa shape index (κ2) is 8.28. The fourth-order valence-electron chi connectivity index (χ4n) is 5.69. The van der Waals surface area contributed by atoms with Crippen LogP contribution in [0.15, 0.2) is 30.6 Å². The van der Waals surface area contributed by atoms with Crippen molar-refractivity contribution in [2.24, 2.45) is 5.41 Å². The third-order valence-corrected chi connectivity index (χ3v) is 8.41. The van der Waals surface area contributed by atoms with Gasteiger partial charge in [0.1, 0.15) is 22.9 Å². The summed E-state index contributed by atoms with van der Waals surface area (Å²) >= 11 is 0. The van der Waals surface area contributed by atoms with Gasteiger partial charge in [0.2, 0.25) is 0 Å². The zero-order valence-corrected chi connectivity index (χ0v) is 20.7. The number of imidazole rings is 1. The Hall–Kier alpha value is -2.23. The average Bonchev–Trinajstić information content (AvgIpc) is 3.26. The lowest BCUT2D eigenvalue weighted by atomic mass is 9.56. The van der Waals surface area contributed by atoms with Gasteiger partial charge in [-0.15, -0.1) is 0 Å². The molecule has 1 aliphatic carbocycles. The first-order valence-electron chi connectivity index (χ1n) is 12.3. The molecule has 2 heterocycles. The van der Waals surface area contributed by atoms with Gasteiger partial charge in [-0.05, 0) is 61.8 Å². The SMILES string of the molecule is CCCCCCC(C)(C)c1cc(O)c2c(c1)OC(C)(C)[C@]1(C)CC=C(c3ncc[nH]3)C[C@@H]21. The highest BCUT2D eigenvalue weighted by Crippen LogP contribution is 2.62. The number of phenolic OH excluding ortho intramolecular Hbond substituents is 1. The van der Waals surface area contributed by atoms with Gasteiger partial charge in [0.25, 0.3) is 0 Å². The Morgan fingerprint density at radius 2 is 1.97 bits per heavy atom. The summed E-state index contributed by atoms with van der Waals surface area (Å²) in [7, 11) is 0. The lowest BCUT2D eigenvalue weighted by Crippen LogP contribution is -2.53. The molecule has 0 fully saturated rings. The zero-order chi connectivity index (χ0) is 23.1. The minimum atomic E-state index is -0.341. The Balaban J connectivity index is 1.71. The highest BCUT2D eigenvalue weighted by Gasteiger charge is 2.55. The molecule has 4 rings (SSSR count). The van der Waals surface area contributed by atoms with Gasteiger partial charge in [0.05, 0.1) is 0 Å². The van der Waals surface area contributed by atoms with Gasteiger partial charge in [0.15, 0.2) is 0 Å². The van der Waals surface area contributed by atoms with Crippen LogP contribution in [0.3, 0.4) is 0 Å². The molecule has 2 aromatic rings. The molecule has 2 aliphatic rings. The molecule has 2 N–H and O–H groups in total. The van der Waals surface area contributed by atoms with E-state index in [4.69, 9.17) is 4.74 Å². The van der Waals surface area contributed by atoms with Crippen molar-refractivity contribution in [1.29, 1.82) is 0 Å². The van der Waals surface area contributed by atoms with Crippen LogP contribution in [0.25, 0.3) is 5.57 Å². The summed E-state index contributed by atoms with van der Waals surface area (Å²) in [6, 6.07) is 4.22. The van der Waals surface area contributed by atoms with Crippen molar-refractivity contribution in [1.82, 2.24) is 9.97 Å². The minimum Gasteiger partial charge on any atom is -0.508 e. The number of rotatable bonds is 7. The minimum absolute atomic E-state index is 0.000299. The molecule has 2 atom stereocenters. The van der Waals surface area contributed by atoms with Crippen LogP contribution in [0.2, 0.25) is 0 Å². The maximum Gasteiger partial charge on any atom is 0.132 e. The van der Waals surface area contributed by atoms with Crippen LogP contribution in [0, 0.1) is 5.41 Å². The third-order valence-electron chi connectivity index (χ3n) is 8.41. The van der Waals surface area contributed by atoms with Gasteiger partial charge in [0, 0.05) is 29.3 Å². The van der Waals surface area contributed by atoms with E-state index in [-0.39, 0.29) is 22.3 Å². The molecule has 0 spiro atoms. The third kappa shape index (κ3) is 3.86. The Morgan fingerprint density at radius 1 is 1.19 bits per heavy atom. The number of benzene rings is 1. The summed E-state index contributed by atoms with van der Waals surface area (Å²) in [4.78, 5) is 7.74. The Kier molecular flexibility index (Phi) is 5.94. The number of nitrogens with zero attached hydrogens (tertiary/aromatic N) is 1. The maximum atomic E-state index is 11.3. The summed E-state index contributed by atoms with van der Waals surface area (Å²) in [5.74, 6) is 2.34. The highest BCUT2D eigenvalue weighted by atomic mass is 16.5. The lowest BCUT2D eigenvalue weighted by molar-refractivity contribution is -0.0591. The lowest BCUT2D eigenvalue weighted by Gasteiger charge is -2.55. The fourth-order valence-corrected chi connectivity index (χ4v) is 5.69. The van der Waals surface area contributed by atoms with Gasteiger partial charge < -0.3 is 14.8 Å². The van der Waals surface area contributed by atoms with E-state index in [9.17, 15) is 5.11 Å². The van der Waals surface area contributed by atoms with Crippen LogP contribution in [0.4, 0.5) is 0 Å². The van der Waals surface area contributed by atoms with Crippen molar-refractivity contribution < 1.29 is 9.84 Å². The predicted octanol–water partition coefficient (Wildman–Crippen LogP) is 7.50. The molecule has 1 aliphatic heterocycles. The van der Waals surface area contributed by atoms with Crippen LogP contribution in [0.1, 0.15) is 109 Å². The van der Waals surface area contributed by atoms with E-state index in [1.165, 1.54) is 36.8 Å². The number of hydrogen-bond donors (Lipinski definition) is 2. The molecule has 0 bridgehead atoms. The molecular weight excluding hydrogens is 396 g/mol. The number of fused-ring (bicyclic) bond motifs is 3. The van der Waals surface area contributed by atoms with E-state index in [1.807, 2.05) is 12.3 Å². The Labute approximate surface area is 193 Å². The quantitative estimate of drug-likeness (QED) is 0.442. The van der Waals surface area contributed by atoms with E-state index in [2.05, 4.69) is 63.7 Å². The van der Waals surface area contributed by atoms with Gasteiger partial charge >= 0.3 is 0 Å². The molecule has 0 radical (unpaired) electrons. The summed E-state index contributed by atoms with van der Waals surface area (Å²) < 4.78 is 6.66. The summed E-state index contributed by atoms with van der Waals surface area (Å²) in [6.07, 6.45) is 13.8. The van der Waals surface area contributed by atoms with Crippen molar-refractivity contribution in [3.05, 3.63) is 47.6 Å². The van der Waals surface area contributed by atoms with Gasteiger partial charge in [-0.3, -0.25) is 0 Å². The summed E-state index contributed by atoms with van der Waals surface area (Å²) in [5.41, 5.74) is 2.91. The fraction of sp³-hybridized carbons (Fsp3) is 0.607. The Morgan fingerprint density at radius 3 is 2.66 bits per heavy atom. The average molecular weight is 437 g/mol. The second-order valence-corrected chi connectivity index (χ2v) is 11.3. The highest BCUT2D eigenvalue weighted by molar-refractivity contribution is 5.65. The van der Waals surface area contributed by atoms with Crippen molar-refractivity contribution in [3.63, 3.8) is 0 Å². The van der Waals surface area contributed by atoms with Crippen LogP contribution in [-0.2, 0) is 5.41 Å². The molecular formula is C28H40N2O2. The number of nitrogens with one attached hydrogen (secondary N) is 1. The number of hydrogen-bond acceptors (Lipinski definition) is 3. The van der Waals surface area contributed by atoms with E-state index in [0.717, 1.165) is 36.4 Å². The van der Waals surface area contributed by atoms with Crippen molar-refractivity contribution in [3.8, 4) is 11.5 Å². The summed E-state index contributed by atoms with van der Waals surface area (Å²) in [5, 5.41) is 11.3. The van der Waals surface area contributed by atoms with E-state index in [0.29, 0.717) is 5.75 Å².